The van der Waals surface area contributed by atoms with Crippen molar-refractivity contribution in [2.45, 2.75) is 71.3 Å². The minimum atomic E-state index is -0.0307. The summed E-state index contributed by atoms with van der Waals surface area (Å²) in [6.45, 7) is 12.0. The molecular formula is C47H42BN3. The highest BCUT2D eigenvalue weighted by atomic mass is 15.3. The lowest BCUT2D eigenvalue weighted by Crippen LogP contribution is -2.64. The van der Waals surface area contributed by atoms with Crippen LogP contribution in [-0.2, 0) is 5.41 Å². The molecule has 1 saturated carbocycles. The van der Waals surface area contributed by atoms with Crippen molar-refractivity contribution in [3.63, 3.8) is 0 Å². The molecule has 1 aromatic heterocycles. The molecular weight excluding hydrogens is 617 g/mol. The number of anilines is 5. The van der Waals surface area contributed by atoms with E-state index in [1.54, 1.807) is 5.56 Å². The number of benzene rings is 6. The number of hydrogen-bond donors (Lipinski definition) is 0. The highest BCUT2D eigenvalue weighted by Crippen LogP contribution is 2.62. The minimum absolute atomic E-state index is 0.0307. The predicted molar refractivity (Wildman–Crippen MR) is 217 cm³/mol. The molecule has 0 N–H and O–H groups in total. The van der Waals surface area contributed by atoms with Crippen molar-refractivity contribution >= 4 is 73.3 Å². The van der Waals surface area contributed by atoms with Gasteiger partial charge in [-0.15, -0.1) is 0 Å². The Hall–Kier alpha value is -5.22. The number of para-hydroxylation sites is 2. The average Bonchev–Trinajstić information content (AvgIpc) is 3.58. The second-order valence-corrected chi connectivity index (χ2v) is 16.3. The highest BCUT2D eigenvalue weighted by Gasteiger charge is 2.61. The van der Waals surface area contributed by atoms with Crippen molar-refractivity contribution in [1.29, 1.82) is 0 Å². The highest BCUT2D eigenvalue weighted by molar-refractivity contribution is 7.00. The van der Waals surface area contributed by atoms with Gasteiger partial charge >= 0.3 is 0 Å². The van der Waals surface area contributed by atoms with Crippen LogP contribution >= 0.6 is 0 Å². The third-order valence-electron chi connectivity index (χ3n) is 13.5. The van der Waals surface area contributed by atoms with Gasteiger partial charge in [-0.2, -0.15) is 0 Å². The van der Waals surface area contributed by atoms with Gasteiger partial charge in [-0.05, 0) is 105 Å². The summed E-state index contributed by atoms with van der Waals surface area (Å²) in [6.07, 6.45) is 4.96. The molecule has 3 nitrogen and oxygen atoms in total. The van der Waals surface area contributed by atoms with E-state index in [0.29, 0.717) is 0 Å². The number of aryl methyl sites for hydroxylation is 3. The fourth-order valence-corrected chi connectivity index (χ4v) is 10.9. The molecule has 0 bridgehead atoms. The quantitative estimate of drug-likeness (QED) is 0.175. The maximum absolute atomic E-state index is 2.86. The van der Waals surface area contributed by atoms with E-state index < -0.39 is 0 Å². The largest absolute Gasteiger partial charge is 0.335 e. The van der Waals surface area contributed by atoms with Crippen LogP contribution in [0.3, 0.4) is 0 Å². The smallest absolute Gasteiger partial charge is 0.252 e. The zero-order valence-corrected chi connectivity index (χ0v) is 30.2. The van der Waals surface area contributed by atoms with E-state index in [2.05, 4.69) is 164 Å². The second kappa shape index (κ2) is 9.97. The van der Waals surface area contributed by atoms with E-state index >= 15 is 0 Å². The number of fused-ring (bicyclic) bond motifs is 10. The van der Waals surface area contributed by atoms with Gasteiger partial charge < -0.3 is 14.4 Å². The lowest BCUT2D eigenvalue weighted by molar-refractivity contribution is 0.195. The summed E-state index contributed by atoms with van der Waals surface area (Å²) in [5, 5.41) is 2.66. The van der Waals surface area contributed by atoms with E-state index in [4.69, 9.17) is 0 Å². The standard InChI is InChI=1S/C47H42BN3/c1-29-15-19-32(20-16-29)49(33-21-17-30(2)18-22-33)34-27-41-43-42(28-34)51-45-37(46(4)23-8-9-24-47(46,51)5)25-31(3)26-39(45)48(43)38-13-10-12-36-35-11-6-7-14-40(35)50(41)44(36)38/h6-7,10-22,25-28H,8-9,23-24H2,1-5H3. The summed E-state index contributed by atoms with van der Waals surface area (Å²) in [5.41, 5.74) is 20.2. The molecule has 1 fully saturated rings. The van der Waals surface area contributed by atoms with Gasteiger partial charge in [-0.3, -0.25) is 0 Å². The monoisotopic (exact) mass is 659 g/mol. The summed E-state index contributed by atoms with van der Waals surface area (Å²) < 4.78 is 2.61. The molecule has 6 aromatic carbocycles. The Bertz CT molecular complexity index is 2570. The van der Waals surface area contributed by atoms with Crippen LogP contribution in [0, 0.1) is 20.8 Å². The fraction of sp³-hybridized carbons (Fsp3) is 0.234. The summed E-state index contributed by atoms with van der Waals surface area (Å²) >= 11 is 0. The first kappa shape index (κ1) is 29.5. The van der Waals surface area contributed by atoms with Crippen molar-refractivity contribution in [3.05, 3.63) is 138 Å². The maximum atomic E-state index is 2.86. The van der Waals surface area contributed by atoms with E-state index in [-0.39, 0.29) is 17.7 Å². The molecule has 0 saturated heterocycles. The first-order valence-corrected chi connectivity index (χ1v) is 18.9. The van der Waals surface area contributed by atoms with Crippen LogP contribution in [0.25, 0.3) is 27.5 Å². The lowest BCUT2D eigenvalue weighted by atomic mass is 9.33. The molecule has 248 valence electrons. The van der Waals surface area contributed by atoms with Gasteiger partial charge in [0.25, 0.3) is 6.71 Å². The molecule has 4 heterocycles. The predicted octanol–water partition coefficient (Wildman–Crippen LogP) is 10.1. The Morgan fingerprint density at radius 2 is 1.27 bits per heavy atom. The summed E-state index contributed by atoms with van der Waals surface area (Å²) in [7, 11) is 0. The molecule has 0 amide bonds. The molecule has 11 rings (SSSR count). The van der Waals surface area contributed by atoms with Crippen LogP contribution in [0.15, 0.2) is 115 Å². The molecule has 4 aliphatic rings. The second-order valence-electron chi connectivity index (χ2n) is 16.3. The van der Waals surface area contributed by atoms with Gasteiger partial charge in [-0.1, -0.05) is 109 Å². The van der Waals surface area contributed by atoms with Gasteiger partial charge in [0.2, 0.25) is 0 Å². The normalized spacial score (nSPS) is 20.8. The number of rotatable bonds is 3. The van der Waals surface area contributed by atoms with E-state index in [9.17, 15) is 0 Å². The number of nitrogens with zero attached hydrogens (tertiary/aromatic N) is 3. The number of aromatic nitrogens is 1. The van der Waals surface area contributed by atoms with Gasteiger partial charge in [-0.25, -0.2) is 0 Å². The Labute approximate surface area is 301 Å². The number of hydrogen-bond acceptors (Lipinski definition) is 2. The third kappa shape index (κ3) is 3.65. The van der Waals surface area contributed by atoms with Gasteiger partial charge in [0.15, 0.2) is 0 Å². The molecule has 0 radical (unpaired) electrons. The molecule has 51 heavy (non-hydrogen) atoms. The third-order valence-corrected chi connectivity index (χ3v) is 13.5. The van der Waals surface area contributed by atoms with Crippen LogP contribution < -0.4 is 26.2 Å². The first-order chi connectivity index (χ1) is 24.8. The van der Waals surface area contributed by atoms with Crippen LogP contribution in [0.5, 0.6) is 0 Å². The zero-order chi connectivity index (χ0) is 34.4. The van der Waals surface area contributed by atoms with Crippen LogP contribution in [0.4, 0.5) is 28.4 Å². The van der Waals surface area contributed by atoms with Gasteiger partial charge in [0, 0.05) is 50.1 Å². The molecule has 2 unspecified atom stereocenters. The van der Waals surface area contributed by atoms with Crippen molar-refractivity contribution in [1.82, 2.24) is 4.57 Å². The summed E-state index contributed by atoms with van der Waals surface area (Å²) in [5.74, 6) is 0. The van der Waals surface area contributed by atoms with Gasteiger partial charge in [0.05, 0.1) is 16.7 Å². The molecule has 0 spiro atoms. The SMILES string of the molecule is Cc1ccc(N(c2ccc(C)cc2)c2cc3c4c(c2)-n2c5ccccc5c5cccc(c52)B4c2cc(C)cc4c2N3C2(C)CCCCC42C)cc1. The Morgan fingerprint density at radius 1 is 0.608 bits per heavy atom. The first-order valence-electron chi connectivity index (χ1n) is 18.9. The maximum Gasteiger partial charge on any atom is 0.252 e. The van der Waals surface area contributed by atoms with Crippen molar-refractivity contribution in [2.75, 3.05) is 9.80 Å². The molecule has 4 heteroatoms. The lowest BCUT2D eigenvalue weighted by Gasteiger charge is -2.52. The molecule has 7 aromatic rings. The van der Waals surface area contributed by atoms with Gasteiger partial charge in [0.1, 0.15) is 0 Å². The summed E-state index contributed by atoms with van der Waals surface area (Å²) in [4.78, 5) is 5.34. The molecule has 1 aliphatic carbocycles. The Morgan fingerprint density at radius 3 is 2.02 bits per heavy atom. The van der Waals surface area contributed by atoms with E-state index in [1.165, 1.54) is 115 Å². The topological polar surface area (TPSA) is 11.4 Å². The van der Waals surface area contributed by atoms with Crippen molar-refractivity contribution in [3.8, 4) is 5.69 Å². The van der Waals surface area contributed by atoms with E-state index in [0.717, 1.165) is 0 Å². The zero-order valence-electron chi connectivity index (χ0n) is 30.2. The van der Waals surface area contributed by atoms with Crippen LogP contribution in [0.1, 0.15) is 61.8 Å². The molecule has 2 atom stereocenters. The minimum Gasteiger partial charge on any atom is -0.335 e. The van der Waals surface area contributed by atoms with Crippen molar-refractivity contribution < 1.29 is 0 Å². The van der Waals surface area contributed by atoms with Crippen LogP contribution in [0.2, 0.25) is 0 Å². The van der Waals surface area contributed by atoms with Crippen LogP contribution in [-0.4, -0.2) is 16.8 Å². The average molecular weight is 660 g/mol. The van der Waals surface area contributed by atoms with Crippen molar-refractivity contribution in [2.24, 2.45) is 0 Å². The molecule has 3 aliphatic heterocycles. The fourth-order valence-electron chi connectivity index (χ4n) is 10.9. The Balaban J connectivity index is 1.31. The van der Waals surface area contributed by atoms with E-state index in [1.807, 2.05) is 0 Å². The Kier molecular flexibility index (Phi) is 5.77. The summed E-state index contributed by atoms with van der Waals surface area (Å²) in [6, 6.07) is 44.4.